The minimum atomic E-state index is -0.229. The molecule has 0 aromatic rings. The van der Waals surface area contributed by atoms with E-state index in [1.54, 1.807) is 6.92 Å². The summed E-state index contributed by atoms with van der Waals surface area (Å²) in [5.41, 5.74) is 5.02. The van der Waals surface area contributed by atoms with Gasteiger partial charge in [0.05, 0.1) is 12.2 Å². The molecule has 0 aromatic heterocycles. The Balaban J connectivity index is 0. The zero-order valence-corrected chi connectivity index (χ0v) is 18.6. The van der Waals surface area contributed by atoms with Crippen LogP contribution in [-0.4, -0.2) is 35.6 Å². The number of hydrogen-bond donors (Lipinski definition) is 2. The Morgan fingerprint density at radius 3 is 1.96 bits per heavy atom. The Morgan fingerprint density at radius 2 is 1.54 bits per heavy atom. The molecule has 3 N–H and O–H groups in total. The van der Waals surface area contributed by atoms with Gasteiger partial charge in [0.25, 0.3) is 0 Å². The molecule has 0 bridgehead atoms. The van der Waals surface area contributed by atoms with Crippen molar-refractivity contribution in [3.8, 4) is 0 Å². The number of nitrogens with two attached hydrogens (primary N) is 1. The van der Waals surface area contributed by atoms with Gasteiger partial charge in [-0.15, -0.1) is 0 Å². The molecule has 28 heavy (non-hydrogen) atoms. The fraction of sp³-hybridized carbons (Fsp3) is 0.913. The lowest BCUT2D eigenvalue weighted by Gasteiger charge is -2.21. The number of primary amides is 1. The zero-order valence-electron chi connectivity index (χ0n) is 18.6. The summed E-state index contributed by atoms with van der Waals surface area (Å²) in [6.45, 7) is 6.38. The van der Waals surface area contributed by atoms with Crippen molar-refractivity contribution in [2.75, 3.05) is 6.61 Å². The largest absolute Gasteiger partial charge is 0.393 e. The van der Waals surface area contributed by atoms with Gasteiger partial charge in [0.15, 0.2) is 0 Å². The maximum absolute atomic E-state index is 11.2. The monoisotopic (exact) mass is 401 g/mol. The second-order valence-electron chi connectivity index (χ2n) is 8.11. The summed E-state index contributed by atoms with van der Waals surface area (Å²) in [5, 5.41) is 8.36. The number of hydrogen-bond acceptors (Lipinski definition) is 4. The fourth-order valence-electron chi connectivity index (χ4n) is 3.44. The highest BCUT2D eigenvalue weighted by Crippen LogP contribution is 2.24. The smallest absolute Gasteiger partial charge is 0.217 e. The second kappa shape index (κ2) is 18.1. The van der Waals surface area contributed by atoms with Crippen LogP contribution in [0, 0.1) is 5.92 Å². The number of aliphatic hydroxyl groups is 1. The molecule has 1 amide bonds. The quantitative estimate of drug-likeness (QED) is 0.549. The van der Waals surface area contributed by atoms with Gasteiger partial charge in [-0.25, -0.2) is 0 Å². The molecule has 0 aromatic carbocycles. The Labute approximate surface area is 174 Å². The summed E-state index contributed by atoms with van der Waals surface area (Å²) in [5.74, 6) is 0.686. The van der Waals surface area contributed by atoms with Gasteiger partial charge >= 0.3 is 0 Å². The van der Waals surface area contributed by atoms with Crippen LogP contribution in [0.15, 0.2) is 0 Å². The van der Waals surface area contributed by atoms with Crippen LogP contribution in [0.1, 0.15) is 112 Å². The third kappa shape index (κ3) is 16.1. The lowest BCUT2D eigenvalue weighted by molar-refractivity contribution is -0.123. The van der Waals surface area contributed by atoms with E-state index in [2.05, 4.69) is 0 Å². The first-order valence-corrected chi connectivity index (χ1v) is 11.5. The number of amides is 1. The predicted molar refractivity (Wildman–Crippen MR) is 117 cm³/mol. The van der Waals surface area contributed by atoms with Gasteiger partial charge in [0.2, 0.25) is 5.91 Å². The van der Waals surface area contributed by atoms with Crippen LogP contribution in [0.5, 0.6) is 0 Å². The number of ether oxygens (including phenoxy) is 1. The van der Waals surface area contributed by atoms with Crippen molar-refractivity contribution in [2.24, 2.45) is 11.7 Å². The molecular weight excluding hydrogens is 354 g/mol. The predicted octanol–water partition coefficient (Wildman–Crippen LogP) is 5.17. The minimum Gasteiger partial charge on any atom is -0.393 e. The summed E-state index contributed by atoms with van der Waals surface area (Å²) in [7, 11) is 0. The van der Waals surface area contributed by atoms with E-state index in [-0.39, 0.29) is 13.4 Å². The lowest BCUT2D eigenvalue weighted by atomic mass is 9.85. The Morgan fingerprint density at radius 1 is 1.04 bits per heavy atom. The first kappa shape index (κ1) is 27.1. The number of carbonyl (C=O) groups is 2. The molecule has 2 aliphatic rings. The van der Waals surface area contributed by atoms with Crippen LogP contribution in [0.4, 0.5) is 0 Å². The molecule has 1 atom stereocenters. The van der Waals surface area contributed by atoms with Crippen molar-refractivity contribution in [3.05, 3.63) is 0 Å². The Kier molecular flexibility index (Phi) is 17.5. The highest BCUT2D eigenvalue weighted by molar-refractivity contribution is 5.80. The highest BCUT2D eigenvalue weighted by atomic mass is 16.5. The number of carbonyl (C=O) groups excluding carboxylic acids is 2. The Hall–Kier alpha value is -0.940. The van der Waals surface area contributed by atoms with Gasteiger partial charge in [-0.1, -0.05) is 52.4 Å². The molecule has 1 unspecified atom stereocenters. The minimum absolute atomic E-state index is 0. The van der Waals surface area contributed by atoms with Crippen LogP contribution < -0.4 is 5.73 Å². The fourth-order valence-corrected chi connectivity index (χ4v) is 3.44. The highest BCUT2D eigenvalue weighted by Gasteiger charge is 2.18. The number of ketones is 1. The van der Waals surface area contributed by atoms with Gasteiger partial charge in [0.1, 0.15) is 5.78 Å². The third-order valence-corrected chi connectivity index (χ3v) is 5.47. The average Bonchev–Trinajstić information content (AvgIpc) is 2.73. The van der Waals surface area contributed by atoms with Crippen LogP contribution in [0.25, 0.3) is 0 Å². The zero-order chi connectivity index (χ0) is 21.2. The maximum Gasteiger partial charge on any atom is 0.217 e. The number of aliphatic hydroxyl groups excluding tert-OH is 1. The van der Waals surface area contributed by atoms with Crippen LogP contribution in [-0.2, 0) is 14.3 Å². The van der Waals surface area contributed by atoms with Crippen LogP contribution in [0.2, 0.25) is 0 Å². The van der Waals surface area contributed by atoms with Crippen LogP contribution >= 0.6 is 0 Å². The van der Waals surface area contributed by atoms with Crippen molar-refractivity contribution < 1.29 is 20.9 Å². The molecule has 0 aliphatic heterocycles. The van der Waals surface area contributed by atoms with E-state index in [9.17, 15) is 9.59 Å². The number of Topliss-reactive ketones (excluding diaryl/α,β-unsaturated/α-hetero) is 1. The Bertz CT molecular complexity index is 392. The molecule has 5 heteroatoms. The van der Waals surface area contributed by atoms with E-state index in [0.29, 0.717) is 30.8 Å². The van der Waals surface area contributed by atoms with Crippen molar-refractivity contribution in [2.45, 2.75) is 123 Å². The molecule has 2 aliphatic carbocycles. The second-order valence-corrected chi connectivity index (χ2v) is 8.11. The molecule has 5 nitrogen and oxygen atoms in total. The van der Waals surface area contributed by atoms with Crippen LogP contribution in [0.3, 0.4) is 0 Å². The van der Waals surface area contributed by atoms with E-state index in [0.717, 1.165) is 32.1 Å². The van der Waals surface area contributed by atoms with Crippen molar-refractivity contribution in [1.82, 2.24) is 0 Å². The van der Waals surface area contributed by atoms with E-state index in [1.807, 2.05) is 13.8 Å². The van der Waals surface area contributed by atoms with Crippen molar-refractivity contribution in [1.29, 1.82) is 0 Å². The molecular formula is C23H47NO4. The third-order valence-electron chi connectivity index (χ3n) is 5.47. The van der Waals surface area contributed by atoms with Gasteiger partial charge in [0, 0.05) is 26.8 Å². The molecule has 2 rings (SSSR count). The maximum atomic E-state index is 11.2. The normalized spacial score (nSPS) is 18.9. The molecule has 2 saturated carbocycles. The summed E-state index contributed by atoms with van der Waals surface area (Å²) in [4.78, 5) is 21.6. The summed E-state index contributed by atoms with van der Waals surface area (Å²) in [6.07, 6.45) is 15.7. The van der Waals surface area contributed by atoms with Gasteiger partial charge in [-0.2, -0.15) is 0 Å². The van der Waals surface area contributed by atoms with Crippen molar-refractivity contribution >= 4 is 11.7 Å². The summed E-state index contributed by atoms with van der Waals surface area (Å²) in [6, 6.07) is 0. The molecule has 0 spiro atoms. The van der Waals surface area contributed by atoms with Crippen molar-refractivity contribution in [3.63, 3.8) is 0 Å². The molecule has 0 saturated heterocycles. The number of rotatable bonds is 8. The molecule has 2 fully saturated rings. The average molecular weight is 402 g/mol. The molecule has 0 radical (unpaired) electrons. The molecule has 168 valence electrons. The lowest BCUT2D eigenvalue weighted by Crippen LogP contribution is -2.18. The first-order chi connectivity index (χ1) is 13.4. The standard InChI is InChI=1S/C10H19NO2.C9H16O.C4H10O.H2/c11-10(12)7-4-8-13-9-5-2-1-3-6-9;1-2-9(10)8-6-4-3-5-7-8;1-3-4(2)5;/h9H,1-8H2,(H2,11,12);8H,2-7H2,1H3;4-5H,3H2,1-2H3;1H. The van der Waals surface area contributed by atoms with E-state index < -0.39 is 0 Å². The van der Waals surface area contributed by atoms with Gasteiger partial charge in [-0.05, 0) is 45.4 Å². The van der Waals surface area contributed by atoms with Gasteiger partial charge in [-0.3, -0.25) is 9.59 Å². The van der Waals surface area contributed by atoms with E-state index >= 15 is 0 Å². The topological polar surface area (TPSA) is 89.6 Å². The summed E-state index contributed by atoms with van der Waals surface area (Å²) >= 11 is 0. The van der Waals surface area contributed by atoms with E-state index in [4.69, 9.17) is 15.6 Å². The van der Waals surface area contributed by atoms with Gasteiger partial charge < -0.3 is 15.6 Å². The summed E-state index contributed by atoms with van der Waals surface area (Å²) < 4.78 is 5.63. The molecule has 0 heterocycles. The SMILES string of the molecule is CCC(=O)C1CCCCC1.CCC(C)O.NC(=O)CCCOC1CCCCC1.[HH]. The first-order valence-electron chi connectivity index (χ1n) is 11.5. The van der Waals surface area contributed by atoms with E-state index in [1.165, 1.54) is 51.4 Å².